The Labute approximate surface area is 94.4 Å². The van der Waals surface area contributed by atoms with E-state index in [9.17, 15) is 4.79 Å². The summed E-state index contributed by atoms with van der Waals surface area (Å²) in [5.41, 5.74) is 3.39. The summed E-state index contributed by atoms with van der Waals surface area (Å²) in [5.74, 6) is 5.00. The van der Waals surface area contributed by atoms with Gasteiger partial charge < -0.3 is 0 Å². The number of hydrogen-bond donors (Lipinski definition) is 2. The van der Waals surface area contributed by atoms with Crippen molar-refractivity contribution in [2.24, 2.45) is 5.84 Å². The average Bonchev–Trinajstić information content (AvgIpc) is 2.25. The molecule has 0 aliphatic rings. The van der Waals surface area contributed by atoms with E-state index in [0.717, 1.165) is 11.3 Å². The van der Waals surface area contributed by atoms with Gasteiger partial charge in [0.1, 0.15) is 0 Å². The number of carbonyl (C=O) groups is 1. The highest BCUT2D eigenvalue weighted by Crippen LogP contribution is 2.25. The Morgan fingerprint density at radius 1 is 1.60 bits per heavy atom. The van der Waals surface area contributed by atoms with Crippen molar-refractivity contribution >= 4 is 17.7 Å². The standard InChI is InChI=1S/C11H16N2OS/c1-3-10(11(14)13-12)15-9-6-4-5-8(2)7-9/h4-7,10H,3,12H2,1-2H3,(H,13,14). The van der Waals surface area contributed by atoms with Gasteiger partial charge in [0.2, 0.25) is 5.91 Å². The lowest BCUT2D eigenvalue weighted by atomic mass is 10.2. The number of benzene rings is 1. The first-order chi connectivity index (χ1) is 7.17. The van der Waals surface area contributed by atoms with E-state index in [1.807, 2.05) is 32.0 Å². The van der Waals surface area contributed by atoms with Gasteiger partial charge in [-0.15, -0.1) is 11.8 Å². The molecule has 1 atom stereocenters. The predicted octanol–water partition coefficient (Wildman–Crippen LogP) is 1.86. The molecule has 1 rings (SSSR count). The lowest BCUT2D eigenvalue weighted by Gasteiger charge is -2.12. The predicted molar refractivity (Wildman–Crippen MR) is 63.4 cm³/mol. The zero-order valence-electron chi connectivity index (χ0n) is 8.99. The van der Waals surface area contributed by atoms with Crippen molar-refractivity contribution < 1.29 is 4.79 Å². The summed E-state index contributed by atoms with van der Waals surface area (Å²) in [7, 11) is 0. The summed E-state index contributed by atoms with van der Waals surface area (Å²) < 4.78 is 0. The Kier molecular flexibility index (Phi) is 4.65. The molecule has 1 aromatic rings. The first-order valence-corrected chi connectivity index (χ1v) is 5.79. The van der Waals surface area contributed by atoms with Gasteiger partial charge in [-0.05, 0) is 25.5 Å². The third-order valence-electron chi connectivity index (χ3n) is 2.07. The van der Waals surface area contributed by atoms with Crippen molar-refractivity contribution in [1.82, 2.24) is 5.43 Å². The Hall–Kier alpha value is -1.00. The number of amides is 1. The lowest BCUT2D eigenvalue weighted by molar-refractivity contribution is -0.120. The SMILES string of the molecule is CCC(Sc1cccc(C)c1)C(=O)NN. The third kappa shape index (κ3) is 3.57. The highest BCUT2D eigenvalue weighted by atomic mass is 32.2. The number of rotatable bonds is 4. The van der Waals surface area contributed by atoms with E-state index >= 15 is 0 Å². The molecule has 0 saturated heterocycles. The number of hydrogen-bond acceptors (Lipinski definition) is 3. The smallest absolute Gasteiger partial charge is 0.247 e. The normalized spacial score (nSPS) is 12.2. The molecule has 3 N–H and O–H groups in total. The van der Waals surface area contributed by atoms with E-state index in [1.54, 1.807) is 11.8 Å². The number of nitrogens with two attached hydrogens (primary N) is 1. The molecule has 82 valence electrons. The fourth-order valence-corrected chi connectivity index (χ4v) is 2.35. The van der Waals surface area contributed by atoms with Gasteiger partial charge in [0, 0.05) is 4.90 Å². The largest absolute Gasteiger partial charge is 0.293 e. The number of nitrogens with one attached hydrogen (secondary N) is 1. The molecule has 4 heteroatoms. The van der Waals surface area contributed by atoms with Crippen molar-refractivity contribution in [2.45, 2.75) is 30.4 Å². The highest BCUT2D eigenvalue weighted by molar-refractivity contribution is 8.00. The van der Waals surface area contributed by atoms with Crippen molar-refractivity contribution in [1.29, 1.82) is 0 Å². The van der Waals surface area contributed by atoms with Gasteiger partial charge in [0.25, 0.3) is 0 Å². The van der Waals surface area contributed by atoms with Crippen molar-refractivity contribution in [3.05, 3.63) is 29.8 Å². The van der Waals surface area contributed by atoms with Crippen LogP contribution in [0.15, 0.2) is 29.2 Å². The Morgan fingerprint density at radius 2 is 2.33 bits per heavy atom. The summed E-state index contributed by atoms with van der Waals surface area (Å²) in [6.45, 7) is 4.01. The summed E-state index contributed by atoms with van der Waals surface area (Å²) in [6.07, 6.45) is 0.766. The number of aryl methyl sites for hydroxylation is 1. The quantitative estimate of drug-likeness (QED) is 0.355. The molecule has 0 aromatic heterocycles. The monoisotopic (exact) mass is 224 g/mol. The van der Waals surface area contributed by atoms with E-state index in [0.29, 0.717) is 0 Å². The van der Waals surface area contributed by atoms with Crippen LogP contribution in [-0.2, 0) is 4.79 Å². The molecule has 3 nitrogen and oxygen atoms in total. The van der Waals surface area contributed by atoms with Crippen LogP contribution in [0.1, 0.15) is 18.9 Å². The van der Waals surface area contributed by atoms with Crippen LogP contribution < -0.4 is 11.3 Å². The molecule has 1 aromatic carbocycles. The molecule has 1 amide bonds. The van der Waals surface area contributed by atoms with Crippen LogP contribution >= 0.6 is 11.8 Å². The molecule has 0 radical (unpaired) electrons. The molecule has 0 aliphatic carbocycles. The molecule has 0 spiro atoms. The van der Waals surface area contributed by atoms with Crippen LogP contribution in [0.2, 0.25) is 0 Å². The van der Waals surface area contributed by atoms with Crippen LogP contribution in [0.25, 0.3) is 0 Å². The fourth-order valence-electron chi connectivity index (χ4n) is 1.27. The second kappa shape index (κ2) is 5.78. The van der Waals surface area contributed by atoms with Crippen LogP contribution in [0.4, 0.5) is 0 Å². The fraction of sp³-hybridized carbons (Fsp3) is 0.364. The first-order valence-electron chi connectivity index (χ1n) is 4.91. The number of thioether (sulfide) groups is 1. The topological polar surface area (TPSA) is 55.1 Å². The average molecular weight is 224 g/mol. The van der Waals surface area contributed by atoms with Gasteiger partial charge >= 0.3 is 0 Å². The number of carbonyl (C=O) groups excluding carboxylic acids is 1. The number of hydrazine groups is 1. The summed E-state index contributed by atoms with van der Waals surface area (Å²) in [6, 6.07) is 8.10. The molecular weight excluding hydrogens is 208 g/mol. The van der Waals surface area contributed by atoms with Crippen molar-refractivity contribution in [2.75, 3.05) is 0 Å². The van der Waals surface area contributed by atoms with E-state index in [1.165, 1.54) is 5.56 Å². The van der Waals surface area contributed by atoms with Gasteiger partial charge in [0.15, 0.2) is 0 Å². The molecule has 1 unspecified atom stereocenters. The summed E-state index contributed by atoms with van der Waals surface area (Å²) >= 11 is 1.54. The van der Waals surface area contributed by atoms with Crippen LogP contribution in [-0.4, -0.2) is 11.2 Å². The zero-order valence-corrected chi connectivity index (χ0v) is 9.80. The Balaban J connectivity index is 2.70. The van der Waals surface area contributed by atoms with E-state index < -0.39 is 0 Å². The minimum Gasteiger partial charge on any atom is -0.293 e. The maximum absolute atomic E-state index is 11.4. The van der Waals surface area contributed by atoms with Crippen molar-refractivity contribution in [3.8, 4) is 0 Å². The van der Waals surface area contributed by atoms with Gasteiger partial charge in [0.05, 0.1) is 5.25 Å². The first kappa shape index (κ1) is 12.1. The van der Waals surface area contributed by atoms with Gasteiger partial charge in [-0.25, -0.2) is 5.84 Å². The molecule has 0 heterocycles. The minimum atomic E-state index is -0.121. The minimum absolute atomic E-state index is 0.114. The van der Waals surface area contributed by atoms with E-state index in [4.69, 9.17) is 5.84 Å². The van der Waals surface area contributed by atoms with Crippen LogP contribution in [0.3, 0.4) is 0 Å². The van der Waals surface area contributed by atoms with Crippen molar-refractivity contribution in [3.63, 3.8) is 0 Å². The highest BCUT2D eigenvalue weighted by Gasteiger charge is 2.16. The second-order valence-corrected chi connectivity index (χ2v) is 4.62. The molecule has 0 bridgehead atoms. The molecule has 0 fully saturated rings. The third-order valence-corrected chi connectivity index (χ3v) is 3.43. The Morgan fingerprint density at radius 3 is 2.87 bits per heavy atom. The maximum Gasteiger partial charge on any atom is 0.247 e. The summed E-state index contributed by atoms with van der Waals surface area (Å²) in [4.78, 5) is 12.5. The van der Waals surface area contributed by atoms with Gasteiger partial charge in [-0.3, -0.25) is 10.2 Å². The van der Waals surface area contributed by atoms with Crippen LogP contribution in [0, 0.1) is 6.92 Å². The summed E-state index contributed by atoms with van der Waals surface area (Å²) in [5, 5.41) is -0.114. The van der Waals surface area contributed by atoms with E-state index in [-0.39, 0.29) is 11.2 Å². The van der Waals surface area contributed by atoms with Gasteiger partial charge in [-0.2, -0.15) is 0 Å². The van der Waals surface area contributed by atoms with E-state index in [2.05, 4.69) is 11.5 Å². The maximum atomic E-state index is 11.4. The van der Waals surface area contributed by atoms with Crippen LogP contribution in [0.5, 0.6) is 0 Å². The molecular formula is C11H16N2OS. The van der Waals surface area contributed by atoms with Gasteiger partial charge in [-0.1, -0.05) is 24.6 Å². The zero-order chi connectivity index (χ0) is 11.3. The Bertz CT molecular complexity index is 341. The molecule has 0 saturated carbocycles. The second-order valence-electron chi connectivity index (χ2n) is 3.34. The molecule has 15 heavy (non-hydrogen) atoms. The lowest BCUT2D eigenvalue weighted by Crippen LogP contribution is -2.37. The molecule has 0 aliphatic heterocycles.